The van der Waals surface area contributed by atoms with Gasteiger partial charge in [-0.15, -0.1) is 0 Å². The third-order valence-corrected chi connectivity index (χ3v) is 7.57. The van der Waals surface area contributed by atoms with E-state index in [1.54, 1.807) is 18.2 Å². The van der Waals surface area contributed by atoms with Gasteiger partial charge in [-0.3, -0.25) is 9.78 Å². The highest BCUT2D eigenvalue weighted by molar-refractivity contribution is 6.16. The number of pyridine rings is 1. The number of hydrogen-bond donors (Lipinski definition) is 2. The van der Waals surface area contributed by atoms with Crippen LogP contribution in [0.1, 0.15) is 22.1 Å². The van der Waals surface area contributed by atoms with Crippen molar-refractivity contribution in [2.45, 2.75) is 13.8 Å². The van der Waals surface area contributed by atoms with Gasteiger partial charge < -0.3 is 24.5 Å². The number of benzene rings is 2. The molecule has 10 heteroatoms. The Morgan fingerprint density at radius 3 is 2.62 bits per heavy atom. The number of ether oxygens (including phenoxy) is 1. The van der Waals surface area contributed by atoms with Crippen molar-refractivity contribution in [2.75, 3.05) is 33.3 Å². The van der Waals surface area contributed by atoms with Crippen LogP contribution in [0, 0.1) is 13.8 Å². The molecular weight excluding hydrogens is 506 g/mol. The summed E-state index contributed by atoms with van der Waals surface area (Å²) >= 11 is 0. The minimum atomic E-state index is -0.185. The maximum absolute atomic E-state index is 13.6. The number of carbonyl (C=O) groups is 1. The van der Waals surface area contributed by atoms with Crippen LogP contribution >= 0.6 is 0 Å². The number of nitrogens with one attached hydrogen (secondary N) is 2. The number of amides is 1. The fraction of sp³-hybridized carbons (Fsp3) is 0.233. The van der Waals surface area contributed by atoms with Crippen molar-refractivity contribution in [3.63, 3.8) is 0 Å². The molecule has 0 radical (unpaired) electrons. The first-order valence-corrected chi connectivity index (χ1v) is 13.2. The monoisotopic (exact) mass is 533 g/mol. The van der Waals surface area contributed by atoms with Gasteiger partial charge >= 0.3 is 0 Å². The first-order chi connectivity index (χ1) is 19.5. The average Bonchev–Trinajstić information content (AvgIpc) is 3.53. The molecule has 0 spiro atoms. The molecule has 0 atom stereocenters. The standard InChI is InChI=1S/C30H27N7O3/c1-16-25(17(2)40-36-16)21-14-23-20(15-24(21)39-3)26-27(19-8-9-32-22-7-5-4-6-18(19)22)34-29(35-28(26)33-23)30(38)37-12-10-31-11-13-37/h4-9,14-15,31H,10-13H2,1-3H3,(H,33,34,35). The molecule has 4 aromatic heterocycles. The van der Waals surface area contributed by atoms with Gasteiger partial charge in [-0.2, -0.15) is 0 Å². The highest BCUT2D eigenvalue weighted by Crippen LogP contribution is 2.42. The van der Waals surface area contributed by atoms with Gasteiger partial charge in [0.05, 0.1) is 35.0 Å². The maximum atomic E-state index is 13.6. The van der Waals surface area contributed by atoms with E-state index in [1.807, 2.05) is 56.3 Å². The number of fused-ring (bicyclic) bond motifs is 4. The molecule has 2 aromatic carbocycles. The van der Waals surface area contributed by atoms with Crippen molar-refractivity contribution in [2.24, 2.45) is 0 Å². The van der Waals surface area contributed by atoms with E-state index in [0.717, 1.165) is 62.7 Å². The molecule has 0 bridgehead atoms. The summed E-state index contributed by atoms with van der Waals surface area (Å²) in [6, 6.07) is 13.9. The predicted molar refractivity (Wildman–Crippen MR) is 152 cm³/mol. The van der Waals surface area contributed by atoms with Crippen LogP contribution in [0.15, 0.2) is 53.2 Å². The number of aryl methyl sites for hydroxylation is 2. The van der Waals surface area contributed by atoms with E-state index >= 15 is 0 Å². The number of nitrogens with zero attached hydrogens (tertiary/aromatic N) is 5. The quantitative estimate of drug-likeness (QED) is 0.336. The molecule has 6 aromatic rings. The summed E-state index contributed by atoms with van der Waals surface area (Å²) in [5, 5.41) is 10.1. The predicted octanol–water partition coefficient (Wildman–Crippen LogP) is 4.65. The number of para-hydroxylation sites is 1. The van der Waals surface area contributed by atoms with E-state index in [1.165, 1.54) is 0 Å². The largest absolute Gasteiger partial charge is 0.496 e. The number of carbonyl (C=O) groups excluding carboxylic acids is 1. The molecule has 0 aliphatic carbocycles. The molecule has 0 unspecified atom stereocenters. The van der Waals surface area contributed by atoms with Crippen molar-refractivity contribution in [1.29, 1.82) is 0 Å². The molecule has 0 saturated carbocycles. The lowest BCUT2D eigenvalue weighted by Gasteiger charge is -2.26. The lowest BCUT2D eigenvalue weighted by Crippen LogP contribution is -2.46. The molecule has 40 heavy (non-hydrogen) atoms. The van der Waals surface area contributed by atoms with Crippen LogP contribution in [0.5, 0.6) is 5.75 Å². The summed E-state index contributed by atoms with van der Waals surface area (Å²) in [4.78, 5) is 33.1. The second-order valence-electron chi connectivity index (χ2n) is 9.96. The highest BCUT2D eigenvalue weighted by atomic mass is 16.5. The summed E-state index contributed by atoms with van der Waals surface area (Å²) in [6.07, 6.45) is 1.77. The van der Waals surface area contributed by atoms with Crippen LogP contribution in [0.2, 0.25) is 0 Å². The van der Waals surface area contributed by atoms with E-state index in [0.29, 0.717) is 35.9 Å². The summed E-state index contributed by atoms with van der Waals surface area (Å²) in [5.41, 5.74) is 6.34. The molecule has 200 valence electrons. The molecule has 5 heterocycles. The fourth-order valence-electron chi connectivity index (χ4n) is 5.66. The van der Waals surface area contributed by atoms with Crippen LogP contribution in [-0.2, 0) is 0 Å². The number of hydrogen-bond acceptors (Lipinski definition) is 8. The zero-order valence-corrected chi connectivity index (χ0v) is 22.4. The second-order valence-corrected chi connectivity index (χ2v) is 9.96. The van der Waals surface area contributed by atoms with E-state index < -0.39 is 0 Å². The van der Waals surface area contributed by atoms with Gasteiger partial charge in [0.25, 0.3) is 5.91 Å². The van der Waals surface area contributed by atoms with Gasteiger partial charge in [0.2, 0.25) is 5.82 Å². The lowest BCUT2D eigenvalue weighted by molar-refractivity contribution is 0.0724. The summed E-state index contributed by atoms with van der Waals surface area (Å²) in [5.74, 6) is 1.36. The molecule has 7 rings (SSSR count). The Morgan fingerprint density at radius 1 is 1.02 bits per heavy atom. The van der Waals surface area contributed by atoms with Gasteiger partial charge in [0.15, 0.2) is 0 Å². The van der Waals surface area contributed by atoms with Crippen LogP contribution in [0.4, 0.5) is 0 Å². The SMILES string of the molecule is COc1cc2c(cc1-c1c(C)noc1C)[nH]c1nc(C(=O)N3CCNCC3)nc(-c3ccnc4ccccc34)c12. The van der Waals surface area contributed by atoms with E-state index in [4.69, 9.17) is 19.2 Å². The second kappa shape index (κ2) is 9.42. The summed E-state index contributed by atoms with van der Waals surface area (Å²) in [7, 11) is 1.65. The Balaban J connectivity index is 1.53. The number of aromatic nitrogens is 5. The fourth-order valence-corrected chi connectivity index (χ4v) is 5.66. The topological polar surface area (TPSA) is 122 Å². The Hall–Kier alpha value is -4.83. The number of H-pyrrole nitrogens is 1. The van der Waals surface area contributed by atoms with Gasteiger partial charge in [-0.1, -0.05) is 23.4 Å². The molecule has 1 saturated heterocycles. The van der Waals surface area contributed by atoms with Crippen molar-refractivity contribution in [3.8, 4) is 28.1 Å². The maximum Gasteiger partial charge on any atom is 0.291 e. The highest BCUT2D eigenvalue weighted by Gasteiger charge is 2.26. The lowest BCUT2D eigenvalue weighted by atomic mass is 9.99. The smallest absolute Gasteiger partial charge is 0.291 e. The Morgan fingerprint density at radius 2 is 1.85 bits per heavy atom. The van der Waals surface area contributed by atoms with E-state index in [9.17, 15) is 4.79 Å². The van der Waals surface area contributed by atoms with Crippen LogP contribution in [0.25, 0.3) is 55.2 Å². The van der Waals surface area contributed by atoms with Crippen molar-refractivity contribution >= 4 is 38.7 Å². The van der Waals surface area contributed by atoms with Gasteiger partial charge in [-0.05, 0) is 38.1 Å². The number of piperazine rings is 1. The Kier molecular flexibility index (Phi) is 5.71. The van der Waals surface area contributed by atoms with Crippen molar-refractivity contribution in [1.82, 2.24) is 35.3 Å². The first-order valence-electron chi connectivity index (χ1n) is 13.2. The van der Waals surface area contributed by atoms with E-state index in [2.05, 4.69) is 20.4 Å². The van der Waals surface area contributed by atoms with Crippen LogP contribution in [0.3, 0.4) is 0 Å². The summed E-state index contributed by atoms with van der Waals surface area (Å²) < 4.78 is 11.3. The van der Waals surface area contributed by atoms with Gasteiger partial charge in [0.1, 0.15) is 17.2 Å². The Bertz CT molecular complexity index is 1910. The molecule has 1 aliphatic heterocycles. The molecule has 2 N–H and O–H groups in total. The van der Waals surface area contributed by atoms with Gasteiger partial charge in [-0.25, -0.2) is 9.97 Å². The molecule has 1 aliphatic rings. The number of methoxy groups -OCH3 is 1. The first kappa shape index (κ1) is 24.2. The Labute approximate surface area is 229 Å². The molecular formula is C30H27N7O3. The van der Waals surface area contributed by atoms with Crippen LogP contribution in [-0.4, -0.2) is 69.2 Å². The minimum absolute atomic E-state index is 0.162. The third-order valence-electron chi connectivity index (χ3n) is 7.57. The molecule has 1 amide bonds. The van der Waals surface area contributed by atoms with Crippen molar-refractivity contribution in [3.05, 3.63) is 65.9 Å². The minimum Gasteiger partial charge on any atom is -0.496 e. The molecule has 1 fully saturated rings. The zero-order valence-electron chi connectivity index (χ0n) is 22.4. The number of rotatable bonds is 4. The third kappa shape index (κ3) is 3.79. The zero-order chi connectivity index (χ0) is 27.4. The summed E-state index contributed by atoms with van der Waals surface area (Å²) in [6.45, 7) is 6.50. The molecule has 10 nitrogen and oxygen atoms in total. The number of aromatic amines is 1. The van der Waals surface area contributed by atoms with Gasteiger partial charge in [0, 0.05) is 59.8 Å². The van der Waals surface area contributed by atoms with E-state index in [-0.39, 0.29) is 11.7 Å². The van der Waals surface area contributed by atoms with Crippen molar-refractivity contribution < 1.29 is 14.1 Å². The normalized spacial score (nSPS) is 13.9. The average molecular weight is 534 g/mol. The van der Waals surface area contributed by atoms with Crippen LogP contribution < -0.4 is 10.1 Å².